The number of pyridine rings is 1. The summed E-state index contributed by atoms with van der Waals surface area (Å²) < 4.78 is 45.2. The molecule has 9 heteroatoms. The lowest BCUT2D eigenvalue weighted by Gasteiger charge is -2.25. The number of ether oxygens (including phenoxy) is 1. The highest BCUT2D eigenvalue weighted by molar-refractivity contribution is 5.99. The Bertz CT molecular complexity index is 744. The molecule has 0 spiro atoms. The molecule has 1 aliphatic rings. The van der Waals surface area contributed by atoms with Gasteiger partial charge in [-0.15, -0.1) is 0 Å². The quantitative estimate of drug-likeness (QED) is 0.899. The molecule has 2 atom stereocenters. The molecule has 1 N–H and O–H groups in total. The van der Waals surface area contributed by atoms with Crippen molar-refractivity contribution in [1.82, 2.24) is 14.3 Å². The van der Waals surface area contributed by atoms with E-state index in [1.807, 2.05) is 0 Å². The van der Waals surface area contributed by atoms with E-state index in [0.717, 1.165) is 4.40 Å². The molecular formula is C14H14F3N3O3. The van der Waals surface area contributed by atoms with Crippen LogP contribution in [0.25, 0.3) is 5.52 Å². The first-order valence-electron chi connectivity index (χ1n) is 6.88. The van der Waals surface area contributed by atoms with Crippen molar-refractivity contribution in [3.05, 3.63) is 35.9 Å². The molecule has 3 heterocycles. The van der Waals surface area contributed by atoms with Crippen molar-refractivity contribution >= 4 is 11.4 Å². The molecule has 23 heavy (non-hydrogen) atoms. The van der Waals surface area contributed by atoms with Crippen molar-refractivity contribution in [1.29, 1.82) is 0 Å². The minimum absolute atomic E-state index is 0.0603. The van der Waals surface area contributed by atoms with E-state index in [1.165, 1.54) is 36.3 Å². The smallest absolute Gasteiger partial charge is 0.388 e. The van der Waals surface area contributed by atoms with Gasteiger partial charge in [0.15, 0.2) is 5.69 Å². The third-order valence-electron chi connectivity index (χ3n) is 3.84. The predicted octanol–water partition coefficient (Wildman–Crippen LogP) is 1.18. The molecule has 0 aliphatic carbocycles. The van der Waals surface area contributed by atoms with Crippen molar-refractivity contribution in [3.8, 4) is 0 Å². The number of aromatic nitrogens is 2. The number of carbonyl (C=O) groups is 1. The molecule has 2 aromatic rings. The van der Waals surface area contributed by atoms with Gasteiger partial charge in [0.05, 0.1) is 30.9 Å². The lowest BCUT2D eigenvalue weighted by molar-refractivity contribution is -0.145. The number of alkyl halides is 3. The van der Waals surface area contributed by atoms with Gasteiger partial charge in [-0.2, -0.15) is 13.2 Å². The number of imidazole rings is 1. The van der Waals surface area contributed by atoms with Crippen molar-refractivity contribution in [2.45, 2.75) is 18.3 Å². The zero-order valence-electron chi connectivity index (χ0n) is 12.1. The van der Waals surface area contributed by atoms with E-state index in [-0.39, 0.29) is 24.4 Å². The maximum absolute atomic E-state index is 13.1. The van der Waals surface area contributed by atoms with E-state index in [2.05, 4.69) is 4.98 Å². The molecule has 1 amide bonds. The number of amides is 1. The van der Waals surface area contributed by atoms with Gasteiger partial charge in [0, 0.05) is 13.2 Å². The monoisotopic (exact) mass is 329 g/mol. The van der Waals surface area contributed by atoms with Crippen molar-refractivity contribution in [2.75, 3.05) is 20.3 Å². The number of nitrogens with zero attached hydrogens (tertiary/aromatic N) is 3. The first-order chi connectivity index (χ1) is 10.8. The molecule has 0 bridgehead atoms. The fraction of sp³-hybridized carbons (Fsp3) is 0.429. The minimum atomic E-state index is -4.68. The SMILES string of the molecule is CN(C(=O)c1nc(C(F)(F)F)n2ccccc12)[C@@H]1COC[C@H]1O. The number of hydrogen-bond acceptors (Lipinski definition) is 4. The molecule has 0 unspecified atom stereocenters. The molecule has 0 radical (unpaired) electrons. The van der Waals surface area contributed by atoms with Gasteiger partial charge in [-0.25, -0.2) is 4.98 Å². The molecule has 124 valence electrons. The van der Waals surface area contributed by atoms with Crippen LogP contribution in [0.4, 0.5) is 13.2 Å². The third-order valence-corrected chi connectivity index (χ3v) is 3.84. The highest BCUT2D eigenvalue weighted by atomic mass is 19.4. The van der Waals surface area contributed by atoms with Crippen LogP contribution >= 0.6 is 0 Å². The molecule has 0 saturated carbocycles. The second-order valence-corrected chi connectivity index (χ2v) is 5.33. The maximum Gasteiger partial charge on any atom is 0.450 e. The number of likely N-dealkylation sites (N-methyl/N-ethyl adjacent to an activating group) is 1. The molecule has 6 nitrogen and oxygen atoms in total. The third kappa shape index (κ3) is 2.66. The number of rotatable bonds is 2. The van der Waals surface area contributed by atoms with Crippen LogP contribution in [0.2, 0.25) is 0 Å². The van der Waals surface area contributed by atoms with Gasteiger partial charge in [-0.1, -0.05) is 6.07 Å². The Labute approximate surface area is 129 Å². The molecule has 2 aromatic heterocycles. The van der Waals surface area contributed by atoms with Gasteiger partial charge in [0.2, 0.25) is 5.82 Å². The normalized spacial score (nSPS) is 21.8. The highest BCUT2D eigenvalue weighted by Gasteiger charge is 2.39. The van der Waals surface area contributed by atoms with E-state index in [1.54, 1.807) is 0 Å². The van der Waals surface area contributed by atoms with Crippen LogP contribution in [0, 0.1) is 0 Å². The molecule has 1 aliphatic heterocycles. The Morgan fingerprint density at radius 2 is 2.17 bits per heavy atom. The van der Waals surface area contributed by atoms with Gasteiger partial charge in [-0.05, 0) is 12.1 Å². The van der Waals surface area contributed by atoms with Crippen LogP contribution in [-0.4, -0.2) is 57.7 Å². The molecular weight excluding hydrogens is 315 g/mol. The maximum atomic E-state index is 13.1. The summed E-state index contributed by atoms with van der Waals surface area (Å²) in [5.74, 6) is -1.85. The van der Waals surface area contributed by atoms with E-state index >= 15 is 0 Å². The summed E-state index contributed by atoms with van der Waals surface area (Å²) in [5, 5.41) is 9.78. The Kier molecular flexibility index (Phi) is 3.77. The first-order valence-corrected chi connectivity index (χ1v) is 6.88. The summed E-state index contributed by atoms with van der Waals surface area (Å²) >= 11 is 0. The summed E-state index contributed by atoms with van der Waals surface area (Å²) in [7, 11) is 1.41. The van der Waals surface area contributed by atoms with Crippen molar-refractivity contribution in [3.63, 3.8) is 0 Å². The van der Waals surface area contributed by atoms with Crippen LogP contribution in [0.5, 0.6) is 0 Å². The second-order valence-electron chi connectivity index (χ2n) is 5.33. The van der Waals surface area contributed by atoms with Crippen LogP contribution < -0.4 is 0 Å². The average Bonchev–Trinajstić information content (AvgIpc) is 3.09. The Morgan fingerprint density at radius 3 is 2.78 bits per heavy atom. The van der Waals surface area contributed by atoms with E-state index < -0.39 is 30.1 Å². The number of hydrogen-bond donors (Lipinski definition) is 1. The van der Waals surface area contributed by atoms with Crippen LogP contribution in [0.1, 0.15) is 16.3 Å². The Balaban J connectivity index is 2.04. The summed E-state index contributed by atoms with van der Waals surface area (Å²) in [5.41, 5.74) is -0.246. The fourth-order valence-electron chi connectivity index (χ4n) is 2.61. The van der Waals surface area contributed by atoms with Crippen molar-refractivity contribution in [2.24, 2.45) is 0 Å². The van der Waals surface area contributed by atoms with Crippen molar-refractivity contribution < 1.29 is 27.8 Å². The minimum Gasteiger partial charge on any atom is -0.388 e. The predicted molar refractivity (Wildman–Crippen MR) is 72.9 cm³/mol. The number of aliphatic hydroxyl groups is 1. The lowest BCUT2D eigenvalue weighted by Crippen LogP contribution is -2.44. The van der Waals surface area contributed by atoms with Gasteiger partial charge in [0.1, 0.15) is 0 Å². The largest absolute Gasteiger partial charge is 0.450 e. The number of carbonyl (C=O) groups excluding carboxylic acids is 1. The molecule has 1 fully saturated rings. The average molecular weight is 329 g/mol. The van der Waals surface area contributed by atoms with Gasteiger partial charge >= 0.3 is 6.18 Å². The Hall–Kier alpha value is -2.13. The van der Waals surface area contributed by atoms with E-state index in [0.29, 0.717) is 0 Å². The summed E-state index contributed by atoms with van der Waals surface area (Å²) in [6, 6.07) is 3.74. The molecule has 1 saturated heterocycles. The topological polar surface area (TPSA) is 67.1 Å². The van der Waals surface area contributed by atoms with Gasteiger partial charge in [0.25, 0.3) is 5.91 Å². The van der Waals surface area contributed by atoms with E-state index in [4.69, 9.17) is 4.74 Å². The molecule has 3 rings (SSSR count). The van der Waals surface area contributed by atoms with Gasteiger partial charge in [-0.3, -0.25) is 9.20 Å². The molecule has 0 aromatic carbocycles. The fourth-order valence-corrected chi connectivity index (χ4v) is 2.61. The zero-order chi connectivity index (χ0) is 16.8. The first kappa shape index (κ1) is 15.8. The van der Waals surface area contributed by atoms with Gasteiger partial charge < -0.3 is 14.7 Å². The van der Waals surface area contributed by atoms with Crippen LogP contribution in [-0.2, 0) is 10.9 Å². The standard InChI is InChI=1S/C14H14F3N3O3/c1-19(9-6-23-7-10(9)21)12(22)11-8-4-2-3-5-20(8)13(18-11)14(15,16)17/h2-5,9-10,21H,6-7H2,1H3/t9-,10-/m1/s1. The number of fused-ring (bicyclic) bond motifs is 1. The summed E-state index contributed by atoms with van der Waals surface area (Å²) in [6.45, 7) is 0.210. The number of halogens is 3. The second kappa shape index (κ2) is 5.50. The number of aliphatic hydroxyl groups excluding tert-OH is 1. The Morgan fingerprint density at radius 1 is 1.43 bits per heavy atom. The van der Waals surface area contributed by atoms with Crippen LogP contribution in [0.3, 0.4) is 0 Å². The summed E-state index contributed by atoms with van der Waals surface area (Å²) in [4.78, 5) is 17.2. The zero-order valence-corrected chi connectivity index (χ0v) is 12.1. The summed E-state index contributed by atoms with van der Waals surface area (Å²) in [6.07, 6.45) is -4.35. The van der Waals surface area contributed by atoms with E-state index in [9.17, 15) is 23.1 Å². The lowest BCUT2D eigenvalue weighted by atomic mass is 10.1. The highest BCUT2D eigenvalue weighted by Crippen LogP contribution is 2.30. The van der Waals surface area contributed by atoms with Crippen LogP contribution in [0.15, 0.2) is 24.4 Å².